The highest BCUT2D eigenvalue weighted by Crippen LogP contribution is 2.21. The van der Waals surface area contributed by atoms with Crippen molar-refractivity contribution in [1.29, 1.82) is 0 Å². The van der Waals surface area contributed by atoms with Gasteiger partial charge in [0.2, 0.25) is 0 Å². The molecule has 6 heteroatoms. The van der Waals surface area contributed by atoms with Gasteiger partial charge in [-0.15, -0.1) is 0 Å². The van der Waals surface area contributed by atoms with E-state index in [-0.39, 0.29) is 5.91 Å². The number of carbonyl (C=O) groups excluding carboxylic acids is 1. The highest BCUT2D eigenvalue weighted by Gasteiger charge is 2.12. The maximum Gasteiger partial charge on any atom is 0.252 e. The summed E-state index contributed by atoms with van der Waals surface area (Å²) in [6, 6.07) is 26.6. The van der Waals surface area contributed by atoms with Crippen LogP contribution in [0.25, 0.3) is 10.9 Å². The molecular weight excluding hydrogens is 388 g/mol. The Kier molecular flexibility index (Phi) is 6.18. The third kappa shape index (κ3) is 5.05. The predicted molar refractivity (Wildman–Crippen MR) is 124 cm³/mol. The van der Waals surface area contributed by atoms with Crippen LogP contribution in [-0.2, 0) is 6.54 Å². The van der Waals surface area contributed by atoms with E-state index in [9.17, 15) is 4.79 Å². The van der Waals surface area contributed by atoms with Gasteiger partial charge < -0.3 is 10.1 Å². The number of hydrogen-bond donors (Lipinski definition) is 2. The number of pyridine rings is 1. The highest BCUT2D eigenvalue weighted by molar-refractivity contribution is 6.07. The van der Waals surface area contributed by atoms with Crippen molar-refractivity contribution in [2.24, 2.45) is 5.10 Å². The minimum absolute atomic E-state index is 0.162. The molecule has 4 rings (SSSR count). The second kappa shape index (κ2) is 9.54. The SMILES string of the molecule is COc1ccc(/C=N/Nc2cc(C(=O)NCc3ccccc3)c3ccccc3n2)cc1. The van der Waals surface area contributed by atoms with Crippen molar-refractivity contribution in [3.63, 3.8) is 0 Å². The zero-order chi connectivity index (χ0) is 21.5. The van der Waals surface area contributed by atoms with Gasteiger partial charge in [0, 0.05) is 11.9 Å². The molecule has 2 N–H and O–H groups in total. The van der Waals surface area contributed by atoms with Crippen molar-refractivity contribution in [2.45, 2.75) is 6.54 Å². The van der Waals surface area contributed by atoms with E-state index < -0.39 is 0 Å². The lowest BCUT2D eigenvalue weighted by Crippen LogP contribution is -2.23. The molecule has 0 saturated carbocycles. The number of methoxy groups -OCH3 is 1. The molecule has 4 aromatic rings. The van der Waals surface area contributed by atoms with Gasteiger partial charge in [0.25, 0.3) is 5.91 Å². The number of benzene rings is 3. The Morgan fingerprint density at radius 2 is 1.74 bits per heavy atom. The average molecular weight is 410 g/mol. The van der Waals surface area contributed by atoms with E-state index in [0.29, 0.717) is 17.9 Å². The largest absolute Gasteiger partial charge is 0.497 e. The summed E-state index contributed by atoms with van der Waals surface area (Å²) in [5.74, 6) is 1.12. The fourth-order valence-corrected chi connectivity index (χ4v) is 3.16. The number of anilines is 1. The second-order valence-corrected chi connectivity index (χ2v) is 6.88. The molecule has 1 amide bonds. The van der Waals surface area contributed by atoms with Crippen LogP contribution in [0.15, 0.2) is 90.0 Å². The van der Waals surface area contributed by atoms with Gasteiger partial charge in [-0.25, -0.2) is 4.98 Å². The molecule has 1 heterocycles. The first-order valence-corrected chi connectivity index (χ1v) is 9.88. The van der Waals surface area contributed by atoms with Crippen LogP contribution >= 0.6 is 0 Å². The molecule has 0 bridgehead atoms. The van der Waals surface area contributed by atoms with E-state index in [1.807, 2.05) is 78.9 Å². The van der Waals surface area contributed by atoms with Gasteiger partial charge in [-0.05, 0) is 47.5 Å². The first-order valence-electron chi connectivity index (χ1n) is 9.88. The van der Waals surface area contributed by atoms with Gasteiger partial charge in [-0.1, -0.05) is 48.5 Å². The molecule has 154 valence electrons. The molecule has 0 aliphatic carbocycles. The quantitative estimate of drug-likeness (QED) is 0.344. The summed E-state index contributed by atoms with van der Waals surface area (Å²) < 4.78 is 5.16. The Labute approximate surface area is 180 Å². The lowest BCUT2D eigenvalue weighted by Gasteiger charge is -2.10. The number of ether oxygens (including phenoxy) is 1. The van der Waals surface area contributed by atoms with Crippen LogP contribution in [-0.4, -0.2) is 24.2 Å². The van der Waals surface area contributed by atoms with Gasteiger partial charge in [-0.2, -0.15) is 5.10 Å². The maximum atomic E-state index is 12.9. The lowest BCUT2D eigenvalue weighted by molar-refractivity contribution is 0.0952. The summed E-state index contributed by atoms with van der Waals surface area (Å²) in [6.07, 6.45) is 1.69. The number of aromatic nitrogens is 1. The number of nitrogens with zero attached hydrogens (tertiary/aromatic N) is 2. The van der Waals surface area contributed by atoms with Crippen LogP contribution in [0.4, 0.5) is 5.82 Å². The Balaban J connectivity index is 1.54. The van der Waals surface area contributed by atoms with E-state index in [4.69, 9.17) is 4.74 Å². The summed E-state index contributed by atoms with van der Waals surface area (Å²) in [6.45, 7) is 0.453. The number of fused-ring (bicyclic) bond motifs is 1. The van der Waals surface area contributed by atoms with Crippen molar-refractivity contribution in [1.82, 2.24) is 10.3 Å². The molecular formula is C25H22N4O2. The van der Waals surface area contributed by atoms with Crippen LogP contribution in [0.2, 0.25) is 0 Å². The molecule has 0 fully saturated rings. The fourth-order valence-electron chi connectivity index (χ4n) is 3.16. The Bertz CT molecular complexity index is 1210. The third-order valence-electron chi connectivity index (χ3n) is 4.77. The maximum absolute atomic E-state index is 12.9. The molecule has 31 heavy (non-hydrogen) atoms. The minimum atomic E-state index is -0.162. The van der Waals surface area contributed by atoms with Crippen molar-refractivity contribution < 1.29 is 9.53 Å². The molecule has 1 aromatic heterocycles. The van der Waals surface area contributed by atoms with E-state index in [0.717, 1.165) is 27.8 Å². The fraction of sp³-hybridized carbons (Fsp3) is 0.0800. The standard InChI is InChI=1S/C25H22N4O2/c1-31-20-13-11-19(12-14-20)17-27-29-24-15-22(21-9-5-6-10-23(21)28-24)25(30)26-16-18-7-3-2-4-8-18/h2-15,17H,16H2,1H3,(H,26,30)(H,28,29)/b27-17+. The number of carbonyl (C=O) groups is 1. The topological polar surface area (TPSA) is 75.6 Å². The Morgan fingerprint density at radius 3 is 2.52 bits per heavy atom. The zero-order valence-electron chi connectivity index (χ0n) is 17.1. The van der Waals surface area contributed by atoms with Crippen molar-refractivity contribution in [3.05, 3.63) is 102 Å². The average Bonchev–Trinajstić information content (AvgIpc) is 2.83. The molecule has 0 aliphatic heterocycles. The van der Waals surface area contributed by atoms with Crippen LogP contribution in [0.3, 0.4) is 0 Å². The summed E-state index contributed by atoms with van der Waals surface area (Å²) in [5, 5.41) is 8.03. The third-order valence-corrected chi connectivity index (χ3v) is 4.77. The van der Waals surface area contributed by atoms with E-state index in [1.54, 1.807) is 19.4 Å². The van der Waals surface area contributed by atoms with Gasteiger partial charge in [0.1, 0.15) is 11.6 Å². The van der Waals surface area contributed by atoms with E-state index in [2.05, 4.69) is 20.8 Å². The summed E-state index contributed by atoms with van der Waals surface area (Å²) in [4.78, 5) is 17.5. The van der Waals surface area contributed by atoms with Gasteiger partial charge >= 0.3 is 0 Å². The predicted octanol–water partition coefficient (Wildman–Crippen LogP) is 4.62. The summed E-state index contributed by atoms with van der Waals surface area (Å²) in [7, 11) is 1.63. The van der Waals surface area contributed by atoms with Gasteiger partial charge in [0.05, 0.1) is 24.4 Å². The first kappa shape index (κ1) is 20.1. The summed E-state index contributed by atoms with van der Waals surface area (Å²) in [5.41, 5.74) is 6.15. The van der Waals surface area contributed by atoms with Crippen molar-refractivity contribution in [3.8, 4) is 5.75 Å². The highest BCUT2D eigenvalue weighted by atomic mass is 16.5. The first-order chi connectivity index (χ1) is 15.2. The molecule has 3 aromatic carbocycles. The number of hydrazone groups is 1. The normalized spacial score (nSPS) is 10.9. The van der Waals surface area contributed by atoms with Crippen LogP contribution < -0.4 is 15.5 Å². The monoisotopic (exact) mass is 410 g/mol. The van der Waals surface area contributed by atoms with Crippen molar-refractivity contribution >= 4 is 28.8 Å². The van der Waals surface area contributed by atoms with E-state index >= 15 is 0 Å². The molecule has 6 nitrogen and oxygen atoms in total. The Hall–Kier alpha value is -4.19. The van der Waals surface area contributed by atoms with Crippen LogP contribution in [0.5, 0.6) is 5.75 Å². The number of para-hydroxylation sites is 1. The van der Waals surface area contributed by atoms with Gasteiger partial charge in [0.15, 0.2) is 0 Å². The molecule has 0 unspecified atom stereocenters. The van der Waals surface area contributed by atoms with Crippen molar-refractivity contribution in [2.75, 3.05) is 12.5 Å². The van der Waals surface area contributed by atoms with Gasteiger partial charge in [-0.3, -0.25) is 10.2 Å². The Morgan fingerprint density at radius 1 is 1.00 bits per heavy atom. The molecule has 0 atom stereocenters. The molecule has 0 radical (unpaired) electrons. The smallest absolute Gasteiger partial charge is 0.252 e. The number of hydrogen-bond acceptors (Lipinski definition) is 5. The number of nitrogens with one attached hydrogen (secondary N) is 2. The summed E-state index contributed by atoms with van der Waals surface area (Å²) >= 11 is 0. The molecule has 0 aliphatic rings. The number of rotatable bonds is 7. The second-order valence-electron chi connectivity index (χ2n) is 6.88. The zero-order valence-corrected chi connectivity index (χ0v) is 17.1. The van der Waals surface area contributed by atoms with E-state index in [1.165, 1.54) is 0 Å². The number of amides is 1. The minimum Gasteiger partial charge on any atom is -0.497 e. The molecule has 0 saturated heterocycles. The van der Waals surface area contributed by atoms with Crippen LogP contribution in [0.1, 0.15) is 21.5 Å². The van der Waals surface area contributed by atoms with Crippen LogP contribution in [0, 0.1) is 0 Å². The molecule has 0 spiro atoms. The lowest BCUT2D eigenvalue weighted by atomic mass is 10.1.